The summed E-state index contributed by atoms with van der Waals surface area (Å²) in [6, 6.07) is 29.0. The van der Waals surface area contributed by atoms with Crippen LogP contribution < -0.4 is 20.5 Å². The second-order valence-corrected chi connectivity index (χ2v) is 10.5. The molecule has 1 unspecified atom stereocenters. The Kier molecular flexibility index (Phi) is 10.1. The van der Waals surface area contributed by atoms with Crippen LogP contribution in [0.4, 0.5) is 5.69 Å². The van der Waals surface area contributed by atoms with Gasteiger partial charge in [0.1, 0.15) is 23.3 Å². The number of carboxylic acid groups (broad SMARTS) is 1. The summed E-state index contributed by atoms with van der Waals surface area (Å²) in [5.41, 5.74) is 8.64. The highest BCUT2D eigenvalue weighted by molar-refractivity contribution is 6.12. The molecule has 1 amide bonds. The van der Waals surface area contributed by atoms with Gasteiger partial charge in [0, 0.05) is 35.2 Å². The number of carbonyl (C=O) groups excluding carboxylic acids is 2. The largest absolute Gasteiger partial charge is 0.493 e. The Morgan fingerprint density at radius 2 is 1.63 bits per heavy atom. The van der Waals surface area contributed by atoms with Gasteiger partial charge in [-0.2, -0.15) is 0 Å². The first-order chi connectivity index (χ1) is 22.3. The maximum Gasteiger partial charge on any atom is 0.326 e. The molecule has 0 aliphatic carbocycles. The molecule has 0 saturated heterocycles. The number of oxazole rings is 1. The van der Waals surface area contributed by atoms with E-state index in [-0.39, 0.29) is 18.8 Å². The third-order valence-corrected chi connectivity index (χ3v) is 7.16. The number of ether oxygens (including phenoxy) is 2. The van der Waals surface area contributed by atoms with Gasteiger partial charge in [-0.1, -0.05) is 54.6 Å². The Morgan fingerprint density at radius 1 is 0.891 bits per heavy atom. The Morgan fingerprint density at radius 3 is 2.37 bits per heavy atom. The van der Waals surface area contributed by atoms with E-state index in [4.69, 9.17) is 19.6 Å². The number of nitrogens with one attached hydrogen (secondary N) is 1. The second kappa shape index (κ2) is 14.7. The molecule has 0 bridgehead atoms. The smallest absolute Gasteiger partial charge is 0.326 e. The first-order valence-electron chi connectivity index (χ1n) is 14.6. The summed E-state index contributed by atoms with van der Waals surface area (Å²) in [5, 5.41) is 13.0. The van der Waals surface area contributed by atoms with Crippen LogP contribution in [0.15, 0.2) is 108 Å². The molecule has 5 rings (SSSR count). The highest BCUT2D eigenvalue weighted by Gasteiger charge is 2.22. The third kappa shape index (κ3) is 8.17. The number of benzene rings is 4. The average Bonchev–Trinajstić information content (AvgIpc) is 3.44. The number of hydrogen-bond donors (Lipinski definition) is 3. The number of carbonyl (C=O) groups is 3. The molecule has 1 heterocycles. The lowest BCUT2D eigenvalue weighted by Gasteiger charge is -2.18. The lowest BCUT2D eigenvalue weighted by Crippen LogP contribution is -2.32. The van der Waals surface area contributed by atoms with Gasteiger partial charge in [0.15, 0.2) is 12.4 Å². The topological polar surface area (TPSA) is 154 Å². The van der Waals surface area contributed by atoms with Crippen LogP contribution in [-0.4, -0.2) is 47.0 Å². The van der Waals surface area contributed by atoms with Crippen LogP contribution in [0.3, 0.4) is 0 Å². The first kappa shape index (κ1) is 31.5. The predicted octanol–water partition coefficient (Wildman–Crippen LogP) is 5.47. The van der Waals surface area contributed by atoms with E-state index in [9.17, 15) is 19.5 Å². The van der Waals surface area contributed by atoms with Gasteiger partial charge in [-0.15, -0.1) is 0 Å². The molecule has 0 radical (unpaired) electrons. The summed E-state index contributed by atoms with van der Waals surface area (Å²) in [5.74, 6) is 0.243. The van der Waals surface area contributed by atoms with E-state index in [1.54, 1.807) is 54.6 Å². The van der Waals surface area contributed by atoms with Crippen molar-refractivity contribution in [3.63, 3.8) is 0 Å². The van der Waals surface area contributed by atoms with Crippen LogP contribution in [-0.2, 0) is 22.4 Å². The number of nitrogens with zero attached hydrogens (tertiary/aromatic N) is 1. The number of nitrogens with two attached hydrogens (primary N) is 1. The monoisotopic (exact) mass is 619 g/mol. The highest BCUT2D eigenvalue weighted by Crippen LogP contribution is 2.25. The number of rotatable bonds is 15. The lowest BCUT2D eigenvalue weighted by atomic mass is 10.00. The zero-order valence-corrected chi connectivity index (χ0v) is 25.1. The number of aryl methyl sites for hydroxylation is 1. The number of carboxylic acids is 1. The molecule has 5 aromatic rings. The molecule has 0 aliphatic heterocycles. The zero-order valence-electron chi connectivity index (χ0n) is 25.1. The Balaban J connectivity index is 1.20. The van der Waals surface area contributed by atoms with Crippen LogP contribution >= 0.6 is 0 Å². The van der Waals surface area contributed by atoms with Crippen LogP contribution in [0.2, 0.25) is 0 Å². The molecule has 0 saturated carbocycles. The summed E-state index contributed by atoms with van der Waals surface area (Å²) in [6.45, 7) is 1.96. The Labute approximate surface area is 265 Å². The molecule has 1 aromatic heterocycles. The molecule has 10 nitrogen and oxygen atoms in total. The standard InChI is InChI=1S/C36H33N3O7/c1-23-30(39-35(46-23)25-8-3-2-4-9-25)18-19-44-27-16-14-24(15-17-27)20-32(36(42)43)38-31-13-6-5-12-29(31)34(41)26-10-7-11-28(21-26)45-22-33(37)40/h2-17,21,32,38H,18-20,22H2,1H3,(H2,37,40)(H,42,43). The summed E-state index contributed by atoms with van der Waals surface area (Å²) in [7, 11) is 0. The average molecular weight is 620 g/mol. The summed E-state index contributed by atoms with van der Waals surface area (Å²) in [6.07, 6.45) is 0.729. The molecule has 0 aliphatic rings. The highest BCUT2D eigenvalue weighted by atomic mass is 16.5. The molecular formula is C36H33N3O7. The maximum atomic E-state index is 13.4. The van der Waals surface area contributed by atoms with Gasteiger partial charge in [0.2, 0.25) is 5.89 Å². The van der Waals surface area contributed by atoms with Crippen molar-refractivity contribution >= 4 is 23.3 Å². The number of aromatic nitrogens is 1. The minimum atomic E-state index is -1.07. The molecule has 234 valence electrons. The Bertz CT molecular complexity index is 1820. The van der Waals surface area contributed by atoms with E-state index in [1.807, 2.05) is 49.4 Å². The second-order valence-electron chi connectivity index (χ2n) is 10.5. The van der Waals surface area contributed by atoms with Gasteiger partial charge in [0.25, 0.3) is 5.91 Å². The predicted molar refractivity (Wildman–Crippen MR) is 172 cm³/mol. The van der Waals surface area contributed by atoms with Crippen molar-refractivity contribution in [1.82, 2.24) is 4.98 Å². The minimum Gasteiger partial charge on any atom is -0.493 e. The number of hydrogen-bond acceptors (Lipinski definition) is 8. The van der Waals surface area contributed by atoms with Crippen molar-refractivity contribution in [2.45, 2.75) is 25.8 Å². The Hall–Kier alpha value is -5.90. The van der Waals surface area contributed by atoms with Crippen LogP contribution in [0, 0.1) is 6.92 Å². The summed E-state index contributed by atoms with van der Waals surface area (Å²) >= 11 is 0. The normalized spacial score (nSPS) is 11.4. The van der Waals surface area contributed by atoms with Crippen molar-refractivity contribution in [3.8, 4) is 23.0 Å². The van der Waals surface area contributed by atoms with Crippen molar-refractivity contribution < 1.29 is 33.4 Å². The zero-order chi connectivity index (χ0) is 32.5. The number of anilines is 1. The first-order valence-corrected chi connectivity index (χ1v) is 14.6. The minimum absolute atomic E-state index is 0.162. The molecule has 4 aromatic carbocycles. The van der Waals surface area contributed by atoms with E-state index >= 15 is 0 Å². The quantitative estimate of drug-likeness (QED) is 0.129. The molecule has 0 fully saturated rings. The summed E-state index contributed by atoms with van der Waals surface area (Å²) in [4.78, 5) is 41.3. The fraction of sp³-hybridized carbons (Fsp3) is 0.167. The van der Waals surface area contributed by atoms with Gasteiger partial charge < -0.3 is 30.0 Å². The molecule has 46 heavy (non-hydrogen) atoms. The number of aliphatic carboxylic acids is 1. The van der Waals surface area contributed by atoms with E-state index < -0.39 is 17.9 Å². The van der Waals surface area contributed by atoms with E-state index in [0.717, 1.165) is 22.6 Å². The van der Waals surface area contributed by atoms with Gasteiger partial charge in [0.05, 0.1) is 12.3 Å². The van der Waals surface area contributed by atoms with Crippen LogP contribution in [0.25, 0.3) is 11.5 Å². The number of primary amides is 1. The number of amides is 1. The molecule has 4 N–H and O–H groups in total. The van der Waals surface area contributed by atoms with Gasteiger partial charge in [-0.25, -0.2) is 9.78 Å². The van der Waals surface area contributed by atoms with Crippen LogP contribution in [0.1, 0.15) is 32.9 Å². The molecule has 10 heteroatoms. The fourth-order valence-corrected chi connectivity index (χ4v) is 4.82. The van der Waals surface area contributed by atoms with Gasteiger partial charge >= 0.3 is 5.97 Å². The van der Waals surface area contributed by atoms with Gasteiger partial charge in [-0.3, -0.25) is 9.59 Å². The van der Waals surface area contributed by atoms with Crippen molar-refractivity contribution in [1.29, 1.82) is 0 Å². The SMILES string of the molecule is Cc1oc(-c2ccccc2)nc1CCOc1ccc(CC(Nc2ccccc2C(=O)c2cccc(OCC(N)=O)c2)C(=O)O)cc1. The van der Waals surface area contributed by atoms with Crippen molar-refractivity contribution in [2.24, 2.45) is 5.73 Å². The maximum absolute atomic E-state index is 13.4. The van der Waals surface area contributed by atoms with Gasteiger partial charge in [-0.05, 0) is 61.0 Å². The fourth-order valence-electron chi connectivity index (χ4n) is 4.82. The molecule has 1 atom stereocenters. The van der Waals surface area contributed by atoms with E-state index in [1.165, 1.54) is 6.07 Å². The summed E-state index contributed by atoms with van der Waals surface area (Å²) < 4.78 is 17.1. The molecule has 0 spiro atoms. The van der Waals surface area contributed by atoms with E-state index in [2.05, 4.69) is 10.3 Å². The van der Waals surface area contributed by atoms with Crippen LogP contribution in [0.5, 0.6) is 11.5 Å². The number of ketones is 1. The lowest BCUT2D eigenvalue weighted by molar-refractivity contribution is -0.137. The van der Waals surface area contributed by atoms with Crippen molar-refractivity contribution in [3.05, 3.63) is 131 Å². The van der Waals surface area contributed by atoms with E-state index in [0.29, 0.717) is 47.2 Å². The van der Waals surface area contributed by atoms with Crippen molar-refractivity contribution in [2.75, 3.05) is 18.5 Å². The third-order valence-electron chi connectivity index (χ3n) is 7.16. The molecular weight excluding hydrogens is 586 g/mol. The number of para-hydroxylation sites is 1.